The first-order valence-electron chi connectivity index (χ1n) is 3.79. The van der Waals surface area contributed by atoms with Gasteiger partial charge in [-0.15, -0.1) is 0 Å². The van der Waals surface area contributed by atoms with Crippen LogP contribution >= 0.6 is 15.9 Å². The van der Waals surface area contributed by atoms with Crippen LogP contribution in [0.3, 0.4) is 0 Å². The maximum absolute atomic E-state index is 3.40. The van der Waals surface area contributed by atoms with Crippen LogP contribution in [-0.4, -0.2) is 0 Å². The highest BCUT2D eigenvalue weighted by atomic mass is 79.9. The van der Waals surface area contributed by atoms with Crippen LogP contribution in [0.4, 0.5) is 0 Å². The van der Waals surface area contributed by atoms with Gasteiger partial charge in [0.05, 0.1) is 0 Å². The molecule has 0 amide bonds. The molecule has 0 aromatic heterocycles. The fourth-order valence-corrected chi connectivity index (χ4v) is 1.22. The monoisotopic (exact) mass is 211 g/mol. The Morgan fingerprint density at radius 3 is 2.18 bits per heavy atom. The van der Waals surface area contributed by atoms with Crippen molar-refractivity contribution < 1.29 is 0 Å². The van der Waals surface area contributed by atoms with Gasteiger partial charge in [0, 0.05) is 4.47 Å². The molecule has 0 aliphatic carbocycles. The summed E-state index contributed by atoms with van der Waals surface area (Å²) in [5.41, 5.74) is 1.29. The van der Waals surface area contributed by atoms with E-state index >= 15 is 0 Å². The zero-order valence-electron chi connectivity index (χ0n) is 6.84. The molecule has 1 radical (unpaired) electrons. The molecular weight excluding hydrogens is 200 g/mol. The maximum atomic E-state index is 3.40. The van der Waals surface area contributed by atoms with Gasteiger partial charge in [-0.25, -0.2) is 0 Å². The average Bonchev–Trinajstić information content (AvgIpc) is 1.93. The summed E-state index contributed by atoms with van der Waals surface area (Å²) in [7, 11) is 0. The van der Waals surface area contributed by atoms with E-state index < -0.39 is 0 Å². The van der Waals surface area contributed by atoms with Crippen LogP contribution in [0.1, 0.15) is 19.4 Å². The molecule has 0 saturated carbocycles. The summed E-state index contributed by atoms with van der Waals surface area (Å²) in [5.74, 6) is 0.621. The SMILES string of the molecule is CC(C)[CH]c1ccc(Br)cc1. The number of rotatable bonds is 2. The maximum Gasteiger partial charge on any atom is 0.0175 e. The summed E-state index contributed by atoms with van der Waals surface area (Å²) in [6.45, 7) is 4.37. The Hall–Kier alpha value is -0.300. The lowest BCUT2D eigenvalue weighted by Gasteiger charge is -2.03. The van der Waals surface area contributed by atoms with E-state index in [9.17, 15) is 0 Å². The molecule has 0 fully saturated rings. The van der Waals surface area contributed by atoms with E-state index in [0.717, 1.165) is 4.47 Å². The Morgan fingerprint density at radius 1 is 1.18 bits per heavy atom. The van der Waals surface area contributed by atoms with Gasteiger partial charge in [-0.2, -0.15) is 0 Å². The Kier molecular flexibility index (Phi) is 3.13. The second-order valence-electron chi connectivity index (χ2n) is 2.96. The molecule has 0 spiro atoms. The third-order valence-corrected chi connectivity index (χ3v) is 1.92. The predicted molar refractivity (Wildman–Crippen MR) is 52.4 cm³/mol. The zero-order valence-corrected chi connectivity index (χ0v) is 8.43. The molecule has 11 heavy (non-hydrogen) atoms. The van der Waals surface area contributed by atoms with Crippen LogP contribution in [0.25, 0.3) is 0 Å². The lowest BCUT2D eigenvalue weighted by atomic mass is 10.0. The fourth-order valence-electron chi connectivity index (χ4n) is 0.959. The van der Waals surface area contributed by atoms with E-state index in [-0.39, 0.29) is 0 Å². The van der Waals surface area contributed by atoms with Gasteiger partial charge in [0.15, 0.2) is 0 Å². The molecule has 0 bridgehead atoms. The summed E-state index contributed by atoms with van der Waals surface area (Å²) in [6.07, 6.45) is 2.24. The van der Waals surface area contributed by atoms with Gasteiger partial charge >= 0.3 is 0 Å². The van der Waals surface area contributed by atoms with Crippen molar-refractivity contribution in [3.63, 3.8) is 0 Å². The van der Waals surface area contributed by atoms with E-state index in [1.807, 2.05) is 0 Å². The Labute approximate surface area is 76.8 Å². The van der Waals surface area contributed by atoms with Gasteiger partial charge in [0.1, 0.15) is 0 Å². The summed E-state index contributed by atoms with van der Waals surface area (Å²) < 4.78 is 1.14. The summed E-state index contributed by atoms with van der Waals surface area (Å²) in [5, 5.41) is 0. The zero-order chi connectivity index (χ0) is 8.27. The van der Waals surface area contributed by atoms with Gasteiger partial charge in [-0.1, -0.05) is 41.9 Å². The minimum atomic E-state index is 0.621. The fraction of sp³-hybridized carbons (Fsp3) is 0.300. The van der Waals surface area contributed by atoms with Gasteiger partial charge in [0.2, 0.25) is 0 Å². The van der Waals surface area contributed by atoms with Crippen molar-refractivity contribution >= 4 is 15.9 Å². The number of benzene rings is 1. The Morgan fingerprint density at radius 2 is 1.73 bits per heavy atom. The van der Waals surface area contributed by atoms with Gasteiger partial charge in [0.25, 0.3) is 0 Å². The minimum Gasteiger partial charge on any atom is -0.0622 e. The van der Waals surface area contributed by atoms with Crippen molar-refractivity contribution in [2.24, 2.45) is 5.92 Å². The smallest absolute Gasteiger partial charge is 0.0175 e. The second-order valence-corrected chi connectivity index (χ2v) is 3.88. The van der Waals surface area contributed by atoms with Crippen molar-refractivity contribution in [3.8, 4) is 0 Å². The van der Waals surface area contributed by atoms with Crippen molar-refractivity contribution in [1.82, 2.24) is 0 Å². The first kappa shape index (κ1) is 8.79. The third-order valence-electron chi connectivity index (χ3n) is 1.40. The lowest BCUT2D eigenvalue weighted by Crippen LogP contribution is -1.89. The molecule has 59 valence electrons. The van der Waals surface area contributed by atoms with Crippen LogP contribution in [-0.2, 0) is 0 Å². The highest BCUT2D eigenvalue weighted by molar-refractivity contribution is 9.10. The molecular formula is C10H12Br. The van der Waals surface area contributed by atoms with Crippen molar-refractivity contribution in [1.29, 1.82) is 0 Å². The normalized spacial score (nSPS) is 10.5. The third kappa shape index (κ3) is 3.06. The molecule has 0 heterocycles. The molecule has 0 atom stereocenters. The standard InChI is InChI=1S/C10H12Br/c1-8(2)7-9-3-5-10(11)6-4-9/h3-8H,1-2H3. The van der Waals surface area contributed by atoms with Crippen LogP contribution in [0, 0.1) is 12.3 Å². The molecule has 1 rings (SSSR count). The number of halogens is 1. The van der Waals surface area contributed by atoms with Crippen LogP contribution in [0.2, 0.25) is 0 Å². The number of hydrogen-bond acceptors (Lipinski definition) is 0. The topological polar surface area (TPSA) is 0 Å². The minimum absolute atomic E-state index is 0.621. The van der Waals surface area contributed by atoms with Crippen LogP contribution in [0.5, 0.6) is 0 Å². The van der Waals surface area contributed by atoms with E-state index in [1.165, 1.54) is 5.56 Å². The lowest BCUT2D eigenvalue weighted by molar-refractivity contribution is 0.776. The van der Waals surface area contributed by atoms with E-state index in [4.69, 9.17) is 0 Å². The highest BCUT2D eigenvalue weighted by Gasteiger charge is 1.96. The Bertz CT molecular complexity index is 211. The predicted octanol–water partition coefficient (Wildman–Crippen LogP) is 3.66. The molecule has 0 unspecified atom stereocenters. The van der Waals surface area contributed by atoms with Crippen molar-refractivity contribution in [2.75, 3.05) is 0 Å². The molecule has 0 nitrogen and oxygen atoms in total. The Balaban J connectivity index is 2.66. The van der Waals surface area contributed by atoms with Crippen LogP contribution in [0.15, 0.2) is 28.7 Å². The van der Waals surface area contributed by atoms with E-state index in [2.05, 4.69) is 60.5 Å². The summed E-state index contributed by atoms with van der Waals surface area (Å²) in [6, 6.07) is 8.36. The van der Waals surface area contributed by atoms with Crippen LogP contribution < -0.4 is 0 Å². The van der Waals surface area contributed by atoms with E-state index in [0.29, 0.717) is 5.92 Å². The quantitative estimate of drug-likeness (QED) is 0.701. The first-order chi connectivity index (χ1) is 5.18. The average molecular weight is 212 g/mol. The van der Waals surface area contributed by atoms with Gasteiger partial charge < -0.3 is 0 Å². The summed E-state index contributed by atoms with van der Waals surface area (Å²) >= 11 is 3.40. The van der Waals surface area contributed by atoms with E-state index in [1.54, 1.807) is 0 Å². The molecule has 1 aromatic carbocycles. The highest BCUT2D eigenvalue weighted by Crippen LogP contribution is 2.14. The second kappa shape index (κ2) is 3.91. The van der Waals surface area contributed by atoms with Crippen molar-refractivity contribution in [3.05, 3.63) is 40.7 Å². The molecule has 0 aliphatic heterocycles. The molecule has 1 aromatic rings. The van der Waals surface area contributed by atoms with Crippen molar-refractivity contribution in [2.45, 2.75) is 13.8 Å². The summed E-state index contributed by atoms with van der Waals surface area (Å²) in [4.78, 5) is 0. The first-order valence-corrected chi connectivity index (χ1v) is 4.58. The number of hydrogen-bond donors (Lipinski definition) is 0. The molecule has 1 heteroatoms. The molecule has 0 saturated heterocycles. The molecule has 0 aliphatic rings. The van der Waals surface area contributed by atoms with Gasteiger partial charge in [-0.05, 0) is 30.0 Å². The largest absolute Gasteiger partial charge is 0.0622 e. The molecule has 0 N–H and O–H groups in total. The van der Waals surface area contributed by atoms with Gasteiger partial charge in [-0.3, -0.25) is 0 Å².